The molecule has 0 aliphatic carbocycles. The summed E-state index contributed by atoms with van der Waals surface area (Å²) in [4.78, 5) is 27.7. The monoisotopic (exact) mass is 422 g/mol. The maximum absolute atomic E-state index is 13.4. The zero-order valence-electron chi connectivity index (χ0n) is 14.8. The molecule has 2 amide bonds. The van der Waals surface area contributed by atoms with Crippen molar-refractivity contribution in [2.75, 3.05) is 12.3 Å². The highest BCUT2D eigenvalue weighted by molar-refractivity contribution is 7.99. The van der Waals surface area contributed by atoms with Crippen molar-refractivity contribution in [2.24, 2.45) is 0 Å². The summed E-state index contributed by atoms with van der Waals surface area (Å²) in [6.45, 7) is 2.58. The minimum absolute atomic E-state index is 0.138. The molecular formula is C20H20Cl2N2O2S. The second-order valence-corrected chi connectivity index (χ2v) is 8.20. The Morgan fingerprint density at radius 3 is 2.59 bits per heavy atom. The molecule has 2 aromatic carbocycles. The SMILES string of the molecule is CCCNC(=O)C1CSC(c2ccccc2)N1C(=O)c1ccc(Cl)cc1Cl. The largest absolute Gasteiger partial charge is 0.354 e. The molecule has 4 nitrogen and oxygen atoms in total. The van der Waals surface area contributed by atoms with Crippen LogP contribution in [0.1, 0.15) is 34.6 Å². The minimum Gasteiger partial charge on any atom is -0.354 e. The molecule has 0 radical (unpaired) electrons. The van der Waals surface area contributed by atoms with E-state index < -0.39 is 6.04 Å². The predicted octanol–water partition coefficient (Wildman–Crippen LogP) is 4.78. The van der Waals surface area contributed by atoms with Gasteiger partial charge in [0.2, 0.25) is 5.91 Å². The number of nitrogens with one attached hydrogen (secondary N) is 1. The van der Waals surface area contributed by atoms with Gasteiger partial charge in [-0.2, -0.15) is 0 Å². The van der Waals surface area contributed by atoms with Crippen molar-refractivity contribution >= 4 is 46.8 Å². The van der Waals surface area contributed by atoms with Crippen molar-refractivity contribution in [2.45, 2.75) is 24.8 Å². The second kappa shape index (κ2) is 9.00. The lowest BCUT2D eigenvalue weighted by Gasteiger charge is -2.29. The summed E-state index contributed by atoms with van der Waals surface area (Å²) in [5, 5.41) is 3.40. The van der Waals surface area contributed by atoms with Gasteiger partial charge < -0.3 is 10.2 Å². The Morgan fingerprint density at radius 1 is 1.19 bits per heavy atom. The average molecular weight is 423 g/mol. The molecule has 1 aliphatic heterocycles. The maximum Gasteiger partial charge on any atom is 0.257 e. The Kier molecular flexibility index (Phi) is 6.68. The predicted molar refractivity (Wildman–Crippen MR) is 111 cm³/mol. The first-order chi connectivity index (χ1) is 13.0. The van der Waals surface area contributed by atoms with Gasteiger partial charge in [0.1, 0.15) is 11.4 Å². The number of hydrogen-bond donors (Lipinski definition) is 1. The van der Waals surface area contributed by atoms with Crippen molar-refractivity contribution < 1.29 is 9.59 Å². The number of hydrogen-bond acceptors (Lipinski definition) is 3. The minimum atomic E-state index is -0.550. The molecule has 0 aromatic heterocycles. The second-order valence-electron chi connectivity index (χ2n) is 6.24. The van der Waals surface area contributed by atoms with Gasteiger partial charge in [-0.15, -0.1) is 11.8 Å². The standard InChI is InChI=1S/C20H20Cl2N2O2S/c1-2-10-23-18(25)17-12-27-20(13-6-4-3-5-7-13)24(17)19(26)15-9-8-14(21)11-16(15)22/h3-9,11,17,20H,2,10,12H2,1H3,(H,23,25). The van der Waals surface area contributed by atoms with Crippen molar-refractivity contribution in [1.82, 2.24) is 10.2 Å². The van der Waals surface area contributed by atoms with Crippen LogP contribution >= 0.6 is 35.0 Å². The topological polar surface area (TPSA) is 49.4 Å². The molecule has 1 N–H and O–H groups in total. The van der Waals surface area contributed by atoms with Crippen LogP contribution in [0.2, 0.25) is 10.0 Å². The molecule has 1 fully saturated rings. The normalized spacial score (nSPS) is 19.1. The van der Waals surface area contributed by atoms with E-state index in [1.54, 1.807) is 34.9 Å². The van der Waals surface area contributed by atoms with Crippen LogP contribution in [-0.2, 0) is 4.79 Å². The van der Waals surface area contributed by atoms with Crippen molar-refractivity contribution in [1.29, 1.82) is 0 Å². The lowest BCUT2D eigenvalue weighted by atomic mass is 10.1. The summed E-state index contributed by atoms with van der Waals surface area (Å²) in [6.07, 6.45) is 0.838. The van der Waals surface area contributed by atoms with Crippen LogP contribution in [0.3, 0.4) is 0 Å². The average Bonchev–Trinajstić information content (AvgIpc) is 3.11. The number of amides is 2. The zero-order chi connectivity index (χ0) is 19.4. The molecule has 1 aliphatic rings. The van der Waals surface area contributed by atoms with Crippen molar-refractivity contribution in [3.8, 4) is 0 Å². The van der Waals surface area contributed by atoms with Gasteiger partial charge in [0.15, 0.2) is 0 Å². The smallest absolute Gasteiger partial charge is 0.257 e. The van der Waals surface area contributed by atoms with E-state index >= 15 is 0 Å². The van der Waals surface area contributed by atoms with Crippen LogP contribution in [0.15, 0.2) is 48.5 Å². The third-order valence-electron chi connectivity index (χ3n) is 4.33. The van der Waals surface area contributed by atoms with E-state index in [0.717, 1.165) is 12.0 Å². The van der Waals surface area contributed by atoms with Crippen LogP contribution < -0.4 is 5.32 Å². The molecule has 0 bridgehead atoms. The van der Waals surface area contributed by atoms with E-state index in [9.17, 15) is 9.59 Å². The van der Waals surface area contributed by atoms with Crippen LogP contribution in [0.5, 0.6) is 0 Å². The first kappa shape index (κ1) is 20.1. The van der Waals surface area contributed by atoms with Gasteiger partial charge in [-0.1, -0.05) is 60.5 Å². The fraction of sp³-hybridized carbons (Fsp3) is 0.300. The molecule has 2 aromatic rings. The van der Waals surface area contributed by atoms with Gasteiger partial charge >= 0.3 is 0 Å². The molecule has 2 atom stereocenters. The van der Waals surface area contributed by atoms with Gasteiger partial charge in [0.05, 0.1) is 10.6 Å². The van der Waals surface area contributed by atoms with Crippen molar-refractivity contribution in [3.05, 3.63) is 69.7 Å². The van der Waals surface area contributed by atoms with E-state index in [2.05, 4.69) is 5.32 Å². The molecule has 7 heteroatoms. The molecule has 27 heavy (non-hydrogen) atoms. The molecule has 1 heterocycles. The first-order valence-corrected chi connectivity index (χ1v) is 10.6. The highest BCUT2D eigenvalue weighted by atomic mass is 35.5. The van der Waals surface area contributed by atoms with E-state index in [0.29, 0.717) is 22.9 Å². The molecule has 0 spiro atoms. The fourth-order valence-electron chi connectivity index (χ4n) is 3.00. The van der Waals surface area contributed by atoms with Crippen LogP contribution in [0, 0.1) is 0 Å². The number of carbonyl (C=O) groups is 2. The highest BCUT2D eigenvalue weighted by Crippen LogP contribution is 2.42. The summed E-state index contributed by atoms with van der Waals surface area (Å²) >= 11 is 13.8. The lowest BCUT2D eigenvalue weighted by molar-refractivity contribution is -0.124. The Labute approximate surface area is 173 Å². The van der Waals surface area contributed by atoms with E-state index in [1.807, 2.05) is 37.3 Å². The number of halogens is 2. The van der Waals surface area contributed by atoms with E-state index in [-0.39, 0.29) is 22.2 Å². The van der Waals surface area contributed by atoms with E-state index in [1.165, 1.54) is 0 Å². The summed E-state index contributed by atoms with van der Waals surface area (Å²) in [6, 6.07) is 14.0. The number of benzene rings is 2. The molecule has 1 saturated heterocycles. The third-order valence-corrected chi connectivity index (χ3v) is 6.20. The first-order valence-electron chi connectivity index (χ1n) is 8.75. The Balaban J connectivity index is 1.96. The highest BCUT2D eigenvalue weighted by Gasteiger charge is 2.42. The molecule has 0 saturated carbocycles. The van der Waals surface area contributed by atoms with Gasteiger partial charge in [-0.3, -0.25) is 9.59 Å². The Morgan fingerprint density at radius 2 is 1.93 bits per heavy atom. The van der Waals surface area contributed by atoms with Crippen LogP contribution in [0.25, 0.3) is 0 Å². The van der Waals surface area contributed by atoms with Gasteiger partial charge in [0, 0.05) is 17.3 Å². The Hall–Kier alpha value is -1.69. The maximum atomic E-state index is 13.4. The molecule has 2 unspecified atom stereocenters. The van der Waals surface area contributed by atoms with Crippen LogP contribution in [-0.4, -0.2) is 35.1 Å². The van der Waals surface area contributed by atoms with Crippen LogP contribution in [0.4, 0.5) is 0 Å². The summed E-state index contributed by atoms with van der Waals surface area (Å²) in [5.74, 6) is 0.125. The number of carbonyl (C=O) groups excluding carboxylic acids is 2. The number of rotatable bonds is 5. The summed E-state index contributed by atoms with van der Waals surface area (Å²) in [5.41, 5.74) is 1.32. The third kappa shape index (κ3) is 4.42. The lowest BCUT2D eigenvalue weighted by Crippen LogP contribution is -2.48. The van der Waals surface area contributed by atoms with Gasteiger partial charge in [-0.25, -0.2) is 0 Å². The molecular weight excluding hydrogens is 403 g/mol. The number of nitrogens with zero attached hydrogens (tertiary/aromatic N) is 1. The summed E-state index contributed by atoms with van der Waals surface area (Å²) in [7, 11) is 0. The van der Waals surface area contributed by atoms with E-state index in [4.69, 9.17) is 23.2 Å². The zero-order valence-corrected chi connectivity index (χ0v) is 17.2. The Bertz CT molecular complexity index is 832. The van der Waals surface area contributed by atoms with Gasteiger partial charge in [-0.05, 0) is 30.2 Å². The fourth-order valence-corrected chi connectivity index (χ4v) is 4.92. The van der Waals surface area contributed by atoms with Crippen molar-refractivity contribution in [3.63, 3.8) is 0 Å². The van der Waals surface area contributed by atoms with Gasteiger partial charge in [0.25, 0.3) is 5.91 Å². The summed E-state index contributed by atoms with van der Waals surface area (Å²) < 4.78 is 0. The molecule has 3 rings (SSSR count). The quantitative estimate of drug-likeness (QED) is 0.754. The number of thioether (sulfide) groups is 1. The molecule has 142 valence electrons.